The molecule has 10 heteroatoms. The van der Waals surface area contributed by atoms with Crippen LogP contribution in [0, 0.1) is 0 Å². The van der Waals surface area contributed by atoms with Crippen molar-refractivity contribution in [2.45, 2.75) is 42.4 Å². The molecule has 31 heavy (non-hydrogen) atoms. The van der Waals surface area contributed by atoms with E-state index in [1.807, 2.05) is 12.1 Å². The predicted octanol–water partition coefficient (Wildman–Crippen LogP) is 2.81. The molecule has 3 rings (SSSR count). The van der Waals surface area contributed by atoms with Crippen molar-refractivity contribution in [1.29, 1.82) is 0 Å². The summed E-state index contributed by atoms with van der Waals surface area (Å²) in [6, 6.07) is 10.4. The second kappa shape index (κ2) is 11.1. The first kappa shape index (κ1) is 23.7. The summed E-state index contributed by atoms with van der Waals surface area (Å²) in [5.41, 5.74) is 1.01. The van der Waals surface area contributed by atoms with Gasteiger partial charge in [0.1, 0.15) is 4.21 Å². The van der Waals surface area contributed by atoms with Gasteiger partial charge in [-0.1, -0.05) is 36.2 Å². The van der Waals surface area contributed by atoms with Crippen LogP contribution in [0.25, 0.3) is 0 Å². The van der Waals surface area contributed by atoms with Crippen molar-refractivity contribution in [3.05, 3.63) is 52.4 Å². The second-order valence-electron chi connectivity index (χ2n) is 7.37. The van der Waals surface area contributed by atoms with Crippen LogP contribution < -0.4 is 10.6 Å². The van der Waals surface area contributed by atoms with Gasteiger partial charge in [0, 0.05) is 30.7 Å². The summed E-state index contributed by atoms with van der Waals surface area (Å²) in [7, 11) is -3.52. The zero-order chi connectivity index (χ0) is 22.3. The van der Waals surface area contributed by atoms with E-state index >= 15 is 0 Å². The van der Waals surface area contributed by atoms with Crippen molar-refractivity contribution in [2.75, 3.05) is 19.6 Å². The lowest BCUT2D eigenvalue weighted by atomic mass is 10.0. The number of hydrogen-bond donors (Lipinski definition) is 2. The Balaban J connectivity index is 1.44. The summed E-state index contributed by atoms with van der Waals surface area (Å²) in [4.78, 5) is 24.1. The molecule has 2 N–H and O–H groups in total. The lowest BCUT2D eigenvalue weighted by Gasteiger charge is -2.34. The van der Waals surface area contributed by atoms with Crippen LogP contribution in [0.2, 0.25) is 5.02 Å². The van der Waals surface area contributed by atoms with Crippen LogP contribution in [0.15, 0.2) is 46.0 Å². The number of sulfonamides is 1. The van der Waals surface area contributed by atoms with Crippen LogP contribution >= 0.6 is 22.9 Å². The SMILES string of the molecule is O=C(NCCc1ccc(Cl)cc1)C(=O)NCC[C@@H]1CCCCN1S(=O)(=O)c1cccs1. The summed E-state index contributed by atoms with van der Waals surface area (Å²) < 4.78 is 27.7. The Morgan fingerprint density at radius 3 is 2.45 bits per heavy atom. The van der Waals surface area contributed by atoms with E-state index in [-0.39, 0.29) is 12.6 Å². The highest BCUT2D eigenvalue weighted by atomic mass is 35.5. The zero-order valence-electron chi connectivity index (χ0n) is 17.1. The largest absolute Gasteiger partial charge is 0.348 e. The molecule has 0 radical (unpaired) electrons. The normalized spacial score (nSPS) is 17.3. The highest BCUT2D eigenvalue weighted by Gasteiger charge is 2.33. The molecule has 1 aromatic carbocycles. The van der Waals surface area contributed by atoms with E-state index in [2.05, 4.69) is 10.6 Å². The number of carbonyl (C=O) groups is 2. The number of thiophene rings is 1. The lowest BCUT2D eigenvalue weighted by molar-refractivity contribution is -0.139. The van der Waals surface area contributed by atoms with Crippen molar-refractivity contribution >= 4 is 44.8 Å². The maximum Gasteiger partial charge on any atom is 0.309 e. The number of nitrogens with zero attached hydrogens (tertiary/aromatic N) is 1. The van der Waals surface area contributed by atoms with Gasteiger partial charge in [0.25, 0.3) is 10.0 Å². The third-order valence-corrected chi connectivity index (χ3v) is 8.79. The fourth-order valence-electron chi connectivity index (χ4n) is 3.59. The van der Waals surface area contributed by atoms with Crippen LogP contribution in [0.4, 0.5) is 0 Å². The van der Waals surface area contributed by atoms with Crippen molar-refractivity contribution < 1.29 is 18.0 Å². The topological polar surface area (TPSA) is 95.6 Å². The van der Waals surface area contributed by atoms with Gasteiger partial charge in [0.05, 0.1) is 0 Å². The Hall–Kier alpha value is -1.94. The van der Waals surface area contributed by atoms with Crippen LogP contribution in [-0.4, -0.2) is 50.2 Å². The zero-order valence-corrected chi connectivity index (χ0v) is 19.4. The highest BCUT2D eigenvalue weighted by molar-refractivity contribution is 7.91. The van der Waals surface area contributed by atoms with Crippen LogP contribution in [0.3, 0.4) is 0 Å². The van der Waals surface area contributed by atoms with E-state index in [4.69, 9.17) is 11.6 Å². The van der Waals surface area contributed by atoms with Gasteiger partial charge in [-0.2, -0.15) is 4.31 Å². The van der Waals surface area contributed by atoms with E-state index in [0.717, 1.165) is 24.8 Å². The Morgan fingerprint density at radius 1 is 1.06 bits per heavy atom. The van der Waals surface area contributed by atoms with E-state index in [0.29, 0.717) is 35.2 Å². The number of rotatable bonds is 8. The minimum Gasteiger partial charge on any atom is -0.348 e. The summed E-state index contributed by atoms with van der Waals surface area (Å²) in [5.74, 6) is -1.40. The molecule has 0 bridgehead atoms. The molecule has 0 saturated carbocycles. The quantitative estimate of drug-likeness (QED) is 0.564. The number of carbonyl (C=O) groups excluding carboxylic acids is 2. The van der Waals surface area contributed by atoms with Crippen molar-refractivity contribution in [2.24, 2.45) is 0 Å². The maximum absolute atomic E-state index is 12.9. The standard InChI is InChI=1S/C21H26ClN3O4S2/c22-17-8-6-16(7-9-17)10-12-23-20(26)21(27)24-13-11-18-4-1-2-14-25(18)31(28,29)19-5-3-15-30-19/h3,5-9,15,18H,1-2,4,10-14H2,(H,23,26)(H,24,27)/t18-/m0/s1. The molecule has 0 aliphatic carbocycles. The average molecular weight is 484 g/mol. The molecule has 1 saturated heterocycles. The lowest BCUT2D eigenvalue weighted by Crippen LogP contribution is -2.46. The Morgan fingerprint density at radius 2 is 1.77 bits per heavy atom. The third kappa shape index (κ3) is 6.52. The van der Waals surface area contributed by atoms with Crippen LogP contribution in [0.1, 0.15) is 31.2 Å². The summed E-state index contributed by atoms with van der Waals surface area (Å²) in [5, 5.41) is 7.59. The molecular weight excluding hydrogens is 458 g/mol. The Labute approximate surface area is 191 Å². The summed E-state index contributed by atoms with van der Waals surface area (Å²) >= 11 is 7.05. The van der Waals surface area contributed by atoms with Gasteiger partial charge in [-0.05, 0) is 54.8 Å². The monoisotopic (exact) mass is 483 g/mol. The van der Waals surface area contributed by atoms with Crippen molar-refractivity contribution in [1.82, 2.24) is 14.9 Å². The Kier molecular flexibility index (Phi) is 8.48. The number of amides is 2. The second-order valence-corrected chi connectivity index (χ2v) is 10.9. The molecule has 1 aliphatic rings. The molecular formula is C21H26ClN3O4S2. The molecule has 1 aromatic heterocycles. The van der Waals surface area contributed by atoms with Gasteiger partial charge in [-0.3, -0.25) is 9.59 Å². The molecule has 0 spiro atoms. The van der Waals surface area contributed by atoms with E-state index in [1.165, 1.54) is 11.3 Å². The molecule has 2 amide bonds. The van der Waals surface area contributed by atoms with Gasteiger partial charge in [0.15, 0.2) is 0 Å². The third-order valence-electron chi connectivity index (χ3n) is 5.21. The fourth-order valence-corrected chi connectivity index (χ4v) is 6.56. The predicted molar refractivity (Wildman–Crippen MR) is 122 cm³/mol. The number of hydrogen-bond acceptors (Lipinski definition) is 5. The first-order valence-electron chi connectivity index (χ1n) is 10.2. The molecule has 0 unspecified atom stereocenters. The number of nitrogens with one attached hydrogen (secondary N) is 2. The average Bonchev–Trinajstić information content (AvgIpc) is 3.31. The molecule has 168 valence electrons. The van der Waals surface area contributed by atoms with Gasteiger partial charge >= 0.3 is 11.8 Å². The first-order valence-corrected chi connectivity index (χ1v) is 12.9. The minimum absolute atomic E-state index is 0.186. The maximum atomic E-state index is 12.9. The van der Waals surface area contributed by atoms with Gasteiger partial charge in [0.2, 0.25) is 0 Å². The van der Waals surface area contributed by atoms with E-state index in [1.54, 1.807) is 34.0 Å². The van der Waals surface area contributed by atoms with Crippen LogP contribution in [-0.2, 0) is 26.0 Å². The molecule has 1 fully saturated rings. The molecule has 2 heterocycles. The molecule has 7 nitrogen and oxygen atoms in total. The van der Waals surface area contributed by atoms with Crippen molar-refractivity contribution in [3.8, 4) is 0 Å². The number of benzene rings is 1. The smallest absolute Gasteiger partial charge is 0.309 e. The first-order chi connectivity index (χ1) is 14.9. The summed E-state index contributed by atoms with van der Waals surface area (Å²) in [6.07, 6.45) is 3.57. The molecule has 1 atom stereocenters. The number of piperidine rings is 1. The Bertz CT molecular complexity index is 979. The van der Waals surface area contributed by atoms with E-state index < -0.39 is 21.8 Å². The molecule has 1 aliphatic heterocycles. The van der Waals surface area contributed by atoms with Gasteiger partial charge < -0.3 is 10.6 Å². The van der Waals surface area contributed by atoms with Gasteiger partial charge in [-0.15, -0.1) is 11.3 Å². The van der Waals surface area contributed by atoms with Gasteiger partial charge in [-0.25, -0.2) is 8.42 Å². The molecule has 2 aromatic rings. The van der Waals surface area contributed by atoms with Crippen molar-refractivity contribution in [3.63, 3.8) is 0 Å². The summed E-state index contributed by atoms with van der Waals surface area (Å²) in [6.45, 7) is 1.05. The fraction of sp³-hybridized carbons (Fsp3) is 0.429. The highest BCUT2D eigenvalue weighted by Crippen LogP contribution is 2.29. The number of halogens is 1. The van der Waals surface area contributed by atoms with E-state index in [9.17, 15) is 18.0 Å². The minimum atomic E-state index is -3.52. The van der Waals surface area contributed by atoms with Crippen LogP contribution in [0.5, 0.6) is 0 Å².